The molecule has 1 aromatic heterocycles. The summed E-state index contributed by atoms with van der Waals surface area (Å²) in [7, 11) is 1.85. The number of benzene rings is 1. The second kappa shape index (κ2) is 5.44. The highest BCUT2D eigenvalue weighted by molar-refractivity contribution is 14.1. The van der Waals surface area contributed by atoms with Crippen molar-refractivity contribution in [1.29, 1.82) is 0 Å². The molecule has 0 aliphatic rings. The molecule has 2 rings (SSSR count). The van der Waals surface area contributed by atoms with Gasteiger partial charge in [0.15, 0.2) is 0 Å². The van der Waals surface area contributed by atoms with Crippen molar-refractivity contribution in [2.24, 2.45) is 7.05 Å². The molecule has 0 unspecified atom stereocenters. The van der Waals surface area contributed by atoms with E-state index < -0.39 is 0 Å². The zero-order chi connectivity index (χ0) is 13.3. The van der Waals surface area contributed by atoms with Gasteiger partial charge in [0.1, 0.15) is 5.69 Å². The molecule has 94 valence electrons. The molecule has 0 aliphatic heterocycles. The van der Waals surface area contributed by atoms with E-state index in [1.165, 1.54) is 0 Å². The Hall–Kier alpha value is -0.820. The van der Waals surface area contributed by atoms with Crippen LogP contribution < -0.4 is 5.32 Å². The highest BCUT2D eigenvalue weighted by atomic mass is 127. The van der Waals surface area contributed by atoms with E-state index in [1.807, 2.05) is 38.4 Å². The van der Waals surface area contributed by atoms with Gasteiger partial charge in [0, 0.05) is 27.0 Å². The van der Waals surface area contributed by atoms with Gasteiger partial charge in [-0.25, -0.2) is 0 Å². The predicted molar refractivity (Wildman–Crippen MR) is 85.0 cm³/mol. The molecule has 0 aliphatic carbocycles. The van der Waals surface area contributed by atoms with Crippen molar-refractivity contribution in [3.8, 4) is 0 Å². The quantitative estimate of drug-likeness (QED) is 0.736. The van der Waals surface area contributed by atoms with E-state index in [0.717, 1.165) is 19.3 Å². The van der Waals surface area contributed by atoms with Crippen molar-refractivity contribution in [2.75, 3.05) is 5.32 Å². The SMILES string of the molecule is Cc1c(I)cccc1NC(=O)c1cc(Br)cn1C. The zero-order valence-corrected chi connectivity index (χ0v) is 13.7. The Morgan fingerprint density at radius 2 is 2.17 bits per heavy atom. The van der Waals surface area contributed by atoms with Crippen LogP contribution in [0.25, 0.3) is 0 Å². The molecule has 1 aromatic carbocycles. The third kappa shape index (κ3) is 2.77. The molecule has 1 amide bonds. The summed E-state index contributed by atoms with van der Waals surface area (Å²) in [6.07, 6.45) is 1.86. The Bertz CT molecular complexity index is 607. The summed E-state index contributed by atoms with van der Waals surface area (Å²) in [6.45, 7) is 2.00. The number of halogens is 2. The number of hydrogen-bond donors (Lipinski definition) is 1. The van der Waals surface area contributed by atoms with Crippen LogP contribution in [0.4, 0.5) is 5.69 Å². The molecule has 0 bridgehead atoms. The average Bonchev–Trinajstić information content (AvgIpc) is 2.64. The molecule has 5 heteroatoms. The van der Waals surface area contributed by atoms with Gasteiger partial charge in [-0.3, -0.25) is 4.79 Å². The summed E-state index contributed by atoms with van der Waals surface area (Å²) >= 11 is 5.62. The van der Waals surface area contributed by atoms with Crippen LogP contribution in [0.2, 0.25) is 0 Å². The third-order valence-electron chi connectivity index (χ3n) is 2.72. The van der Waals surface area contributed by atoms with Gasteiger partial charge in [-0.2, -0.15) is 0 Å². The van der Waals surface area contributed by atoms with Crippen LogP contribution in [0.15, 0.2) is 34.9 Å². The smallest absolute Gasteiger partial charge is 0.272 e. The maximum atomic E-state index is 12.2. The normalized spacial score (nSPS) is 10.4. The second-order valence-electron chi connectivity index (χ2n) is 4.02. The number of nitrogens with one attached hydrogen (secondary N) is 1. The number of anilines is 1. The zero-order valence-electron chi connectivity index (χ0n) is 10.00. The van der Waals surface area contributed by atoms with E-state index >= 15 is 0 Å². The summed E-state index contributed by atoms with van der Waals surface area (Å²) in [5.74, 6) is -0.103. The van der Waals surface area contributed by atoms with E-state index in [0.29, 0.717) is 5.69 Å². The maximum Gasteiger partial charge on any atom is 0.272 e. The summed E-state index contributed by atoms with van der Waals surface area (Å²) in [4.78, 5) is 12.2. The first kappa shape index (κ1) is 13.6. The van der Waals surface area contributed by atoms with Crippen molar-refractivity contribution in [3.63, 3.8) is 0 Å². The van der Waals surface area contributed by atoms with Crippen molar-refractivity contribution >= 4 is 50.1 Å². The molecule has 18 heavy (non-hydrogen) atoms. The highest BCUT2D eigenvalue weighted by Gasteiger charge is 2.12. The van der Waals surface area contributed by atoms with Crippen LogP contribution in [-0.4, -0.2) is 10.5 Å². The van der Waals surface area contributed by atoms with Gasteiger partial charge < -0.3 is 9.88 Å². The number of carbonyl (C=O) groups is 1. The minimum Gasteiger partial charge on any atom is -0.345 e. The van der Waals surface area contributed by atoms with Gasteiger partial charge in [-0.15, -0.1) is 0 Å². The predicted octanol–water partition coefficient (Wildman–Crippen LogP) is 3.95. The largest absolute Gasteiger partial charge is 0.345 e. The van der Waals surface area contributed by atoms with Crippen LogP contribution in [0.1, 0.15) is 16.1 Å². The second-order valence-corrected chi connectivity index (χ2v) is 6.10. The summed E-state index contributed by atoms with van der Waals surface area (Å²) in [5.41, 5.74) is 2.56. The number of aromatic nitrogens is 1. The van der Waals surface area contributed by atoms with Crippen LogP contribution in [0.3, 0.4) is 0 Å². The Labute approximate surface area is 128 Å². The van der Waals surface area contributed by atoms with Crippen molar-refractivity contribution in [2.45, 2.75) is 6.92 Å². The molecule has 3 nitrogen and oxygen atoms in total. The van der Waals surface area contributed by atoms with Crippen LogP contribution >= 0.6 is 38.5 Å². The number of amides is 1. The highest BCUT2D eigenvalue weighted by Crippen LogP contribution is 2.21. The first-order valence-electron chi connectivity index (χ1n) is 5.37. The minimum absolute atomic E-state index is 0.103. The standard InChI is InChI=1S/C13H12BrIN2O/c1-8-10(15)4-3-5-11(8)16-13(18)12-6-9(14)7-17(12)2/h3-7H,1-2H3,(H,16,18). The first-order valence-corrected chi connectivity index (χ1v) is 7.24. The molecular weight excluding hydrogens is 407 g/mol. The Morgan fingerprint density at radius 3 is 2.78 bits per heavy atom. The molecule has 0 spiro atoms. The van der Waals surface area contributed by atoms with Crippen LogP contribution in [-0.2, 0) is 7.05 Å². The molecule has 1 N–H and O–H groups in total. The van der Waals surface area contributed by atoms with Gasteiger partial charge in [-0.05, 0) is 69.2 Å². The van der Waals surface area contributed by atoms with Gasteiger partial charge in [0.05, 0.1) is 0 Å². The average molecular weight is 419 g/mol. The minimum atomic E-state index is -0.103. The number of rotatable bonds is 2. The van der Waals surface area contributed by atoms with Gasteiger partial charge >= 0.3 is 0 Å². The fraction of sp³-hybridized carbons (Fsp3) is 0.154. The monoisotopic (exact) mass is 418 g/mol. The third-order valence-corrected chi connectivity index (χ3v) is 4.32. The molecule has 0 radical (unpaired) electrons. The fourth-order valence-electron chi connectivity index (χ4n) is 1.68. The number of carbonyl (C=O) groups excluding carboxylic acids is 1. The number of nitrogens with zero attached hydrogens (tertiary/aromatic N) is 1. The lowest BCUT2D eigenvalue weighted by molar-refractivity contribution is 0.101. The number of aryl methyl sites for hydroxylation is 1. The van der Waals surface area contributed by atoms with Crippen molar-refractivity contribution in [1.82, 2.24) is 4.57 Å². The molecule has 0 saturated carbocycles. The van der Waals surface area contributed by atoms with E-state index in [1.54, 1.807) is 10.6 Å². The summed E-state index contributed by atoms with van der Waals surface area (Å²) in [5, 5.41) is 2.94. The van der Waals surface area contributed by atoms with E-state index in [-0.39, 0.29) is 5.91 Å². The van der Waals surface area contributed by atoms with Crippen molar-refractivity contribution in [3.05, 3.63) is 49.8 Å². The molecular formula is C13H12BrIN2O. The number of hydrogen-bond acceptors (Lipinski definition) is 1. The lowest BCUT2D eigenvalue weighted by atomic mass is 10.2. The summed E-state index contributed by atoms with van der Waals surface area (Å²) in [6, 6.07) is 7.67. The molecule has 2 aromatic rings. The topological polar surface area (TPSA) is 34.0 Å². The van der Waals surface area contributed by atoms with E-state index in [4.69, 9.17) is 0 Å². The molecule has 0 fully saturated rings. The Morgan fingerprint density at radius 1 is 1.44 bits per heavy atom. The molecule has 1 heterocycles. The first-order chi connectivity index (χ1) is 8.49. The molecule has 0 atom stereocenters. The van der Waals surface area contributed by atoms with E-state index in [9.17, 15) is 4.79 Å². The Kier molecular flexibility index (Phi) is 4.11. The van der Waals surface area contributed by atoms with Crippen LogP contribution in [0.5, 0.6) is 0 Å². The lowest BCUT2D eigenvalue weighted by Crippen LogP contribution is -2.16. The van der Waals surface area contributed by atoms with Crippen LogP contribution in [0, 0.1) is 10.5 Å². The van der Waals surface area contributed by atoms with Crippen molar-refractivity contribution < 1.29 is 4.79 Å². The lowest BCUT2D eigenvalue weighted by Gasteiger charge is -2.10. The molecule has 0 saturated heterocycles. The van der Waals surface area contributed by atoms with Gasteiger partial charge in [-0.1, -0.05) is 6.07 Å². The maximum absolute atomic E-state index is 12.2. The Balaban J connectivity index is 2.27. The van der Waals surface area contributed by atoms with Gasteiger partial charge in [0.2, 0.25) is 0 Å². The summed E-state index contributed by atoms with van der Waals surface area (Å²) < 4.78 is 3.83. The van der Waals surface area contributed by atoms with Gasteiger partial charge in [0.25, 0.3) is 5.91 Å². The van der Waals surface area contributed by atoms with E-state index in [2.05, 4.69) is 43.8 Å². The fourth-order valence-corrected chi connectivity index (χ4v) is 2.70.